The third-order valence-electron chi connectivity index (χ3n) is 2.92. The van der Waals surface area contributed by atoms with Crippen LogP contribution in [0, 0.1) is 0 Å². The molecule has 1 N–H and O–H groups in total. The minimum atomic E-state index is -1.07. The molecular formula is C15H9ClN2O3. The summed E-state index contributed by atoms with van der Waals surface area (Å²) in [6.45, 7) is 0. The number of nitrogens with zero attached hydrogens (tertiary/aromatic N) is 2. The zero-order valence-electron chi connectivity index (χ0n) is 10.7. The van der Waals surface area contributed by atoms with Crippen molar-refractivity contribution < 1.29 is 14.6 Å². The van der Waals surface area contributed by atoms with E-state index in [1.165, 1.54) is 18.2 Å². The fourth-order valence-corrected chi connectivity index (χ4v) is 2.08. The van der Waals surface area contributed by atoms with Crippen LogP contribution in [0.3, 0.4) is 0 Å². The molecule has 21 heavy (non-hydrogen) atoms. The van der Waals surface area contributed by atoms with Crippen LogP contribution in [0.4, 0.5) is 0 Å². The third-order valence-corrected chi connectivity index (χ3v) is 3.13. The quantitative estimate of drug-likeness (QED) is 0.797. The molecule has 0 bridgehead atoms. The van der Waals surface area contributed by atoms with Gasteiger partial charge in [0.25, 0.3) is 0 Å². The first-order chi connectivity index (χ1) is 10.1. The van der Waals surface area contributed by atoms with Gasteiger partial charge in [0.15, 0.2) is 10.9 Å². The van der Waals surface area contributed by atoms with Gasteiger partial charge in [-0.1, -0.05) is 41.9 Å². The van der Waals surface area contributed by atoms with Crippen LogP contribution < -0.4 is 4.74 Å². The Balaban J connectivity index is 2.16. The van der Waals surface area contributed by atoms with E-state index in [0.29, 0.717) is 5.39 Å². The molecule has 0 spiro atoms. The Bertz CT molecular complexity index is 819. The van der Waals surface area contributed by atoms with Crippen molar-refractivity contribution >= 4 is 28.3 Å². The average molecular weight is 301 g/mol. The van der Waals surface area contributed by atoms with E-state index in [4.69, 9.17) is 16.3 Å². The van der Waals surface area contributed by atoms with Gasteiger partial charge < -0.3 is 9.84 Å². The summed E-state index contributed by atoms with van der Waals surface area (Å²) < 4.78 is 5.63. The molecule has 6 heteroatoms. The molecule has 0 aliphatic heterocycles. The van der Waals surface area contributed by atoms with Gasteiger partial charge in [-0.25, -0.2) is 4.79 Å². The molecule has 0 saturated heterocycles. The van der Waals surface area contributed by atoms with Gasteiger partial charge in [0.2, 0.25) is 5.88 Å². The van der Waals surface area contributed by atoms with Crippen LogP contribution in [0.2, 0.25) is 5.15 Å². The zero-order chi connectivity index (χ0) is 14.8. The van der Waals surface area contributed by atoms with Crippen molar-refractivity contribution in [2.75, 3.05) is 0 Å². The van der Waals surface area contributed by atoms with Gasteiger partial charge in [0.1, 0.15) is 5.56 Å². The molecular weight excluding hydrogens is 292 g/mol. The third kappa shape index (κ3) is 2.64. The Morgan fingerprint density at radius 1 is 1.05 bits per heavy atom. The van der Waals surface area contributed by atoms with E-state index in [1.54, 1.807) is 12.1 Å². The van der Waals surface area contributed by atoms with Crippen LogP contribution in [0.15, 0.2) is 48.5 Å². The van der Waals surface area contributed by atoms with Crippen LogP contribution in [0.25, 0.3) is 10.8 Å². The summed E-state index contributed by atoms with van der Waals surface area (Å²) in [7, 11) is 0. The van der Waals surface area contributed by atoms with Crippen molar-refractivity contribution in [2.24, 2.45) is 0 Å². The Morgan fingerprint density at radius 3 is 2.57 bits per heavy atom. The highest BCUT2D eigenvalue weighted by atomic mass is 35.5. The highest BCUT2D eigenvalue weighted by Gasteiger charge is 2.16. The van der Waals surface area contributed by atoms with E-state index < -0.39 is 5.97 Å². The summed E-state index contributed by atoms with van der Waals surface area (Å²) >= 11 is 5.67. The van der Waals surface area contributed by atoms with E-state index in [9.17, 15) is 9.90 Å². The number of carboxylic acids is 1. The van der Waals surface area contributed by atoms with Gasteiger partial charge in [0.05, 0.1) is 0 Å². The summed E-state index contributed by atoms with van der Waals surface area (Å²) in [5.41, 5.74) is 0.0606. The minimum absolute atomic E-state index is 0.0606. The van der Waals surface area contributed by atoms with Crippen molar-refractivity contribution in [3.05, 3.63) is 59.2 Å². The normalized spacial score (nSPS) is 10.5. The van der Waals surface area contributed by atoms with Crippen molar-refractivity contribution in [2.45, 2.75) is 0 Å². The smallest absolute Gasteiger partial charge is 0.339 e. The topological polar surface area (TPSA) is 72.3 Å². The van der Waals surface area contributed by atoms with Crippen LogP contribution in [-0.2, 0) is 0 Å². The number of carboxylic acid groups (broad SMARTS) is 1. The maximum absolute atomic E-state index is 11.4. The van der Waals surface area contributed by atoms with E-state index in [1.807, 2.05) is 18.2 Å². The first kappa shape index (κ1) is 13.3. The number of carbonyl (C=O) groups is 1. The lowest BCUT2D eigenvalue weighted by Crippen LogP contribution is -2.01. The highest BCUT2D eigenvalue weighted by Crippen LogP contribution is 2.33. The number of hydrogen-bond donors (Lipinski definition) is 1. The molecule has 0 aliphatic rings. The molecule has 0 aliphatic carbocycles. The molecule has 104 valence electrons. The number of hydrogen-bond acceptors (Lipinski definition) is 4. The largest absolute Gasteiger partial charge is 0.478 e. The van der Waals surface area contributed by atoms with Crippen molar-refractivity contribution in [1.82, 2.24) is 10.2 Å². The summed E-state index contributed by atoms with van der Waals surface area (Å²) in [5, 5.41) is 18.6. The Hall–Kier alpha value is -2.66. The van der Waals surface area contributed by atoms with E-state index in [2.05, 4.69) is 10.2 Å². The second-order valence-electron chi connectivity index (χ2n) is 4.26. The maximum atomic E-state index is 11.4. The SMILES string of the molecule is O=C(O)c1ccc2ccccc2c1Oc1ccc(Cl)nn1. The van der Waals surface area contributed by atoms with Crippen molar-refractivity contribution in [1.29, 1.82) is 0 Å². The number of halogens is 1. The summed E-state index contributed by atoms with van der Waals surface area (Å²) in [6.07, 6.45) is 0. The monoisotopic (exact) mass is 300 g/mol. The van der Waals surface area contributed by atoms with E-state index in [-0.39, 0.29) is 22.3 Å². The number of ether oxygens (including phenoxy) is 1. The molecule has 5 nitrogen and oxygen atoms in total. The number of fused-ring (bicyclic) bond motifs is 1. The summed E-state index contributed by atoms with van der Waals surface area (Å²) in [4.78, 5) is 11.4. The zero-order valence-corrected chi connectivity index (χ0v) is 11.4. The van der Waals surface area contributed by atoms with E-state index >= 15 is 0 Å². The Morgan fingerprint density at radius 2 is 1.86 bits per heavy atom. The lowest BCUT2D eigenvalue weighted by Gasteiger charge is -2.10. The number of aromatic carboxylic acids is 1. The first-order valence-corrected chi connectivity index (χ1v) is 6.45. The Kier molecular flexibility index (Phi) is 3.41. The van der Waals surface area contributed by atoms with Crippen molar-refractivity contribution in [3.8, 4) is 11.6 Å². The van der Waals surface area contributed by atoms with Gasteiger partial charge in [-0.05, 0) is 17.5 Å². The van der Waals surface area contributed by atoms with Crippen LogP contribution in [-0.4, -0.2) is 21.3 Å². The second kappa shape index (κ2) is 5.38. The van der Waals surface area contributed by atoms with Crippen LogP contribution in [0.5, 0.6) is 11.6 Å². The molecule has 0 amide bonds. The molecule has 1 heterocycles. The van der Waals surface area contributed by atoms with Gasteiger partial charge in [-0.2, -0.15) is 0 Å². The average Bonchev–Trinajstić information content (AvgIpc) is 2.49. The van der Waals surface area contributed by atoms with Gasteiger partial charge >= 0.3 is 5.97 Å². The van der Waals surface area contributed by atoms with Gasteiger partial charge in [0, 0.05) is 11.5 Å². The lowest BCUT2D eigenvalue weighted by molar-refractivity contribution is 0.0694. The van der Waals surface area contributed by atoms with Crippen LogP contribution in [0.1, 0.15) is 10.4 Å². The van der Waals surface area contributed by atoms with Gasteiger partial charge in [-0.15, -0.1) is 10.2 Å². The predicted octanol–water partition coefficient (Wildman–Crippen LogP) is 3.77. The Labute approximate surface area is 124 Å². The molecule has 0 saturated carbocycles. The molecule has 0 atom stereocenters. The second-order valence-corrected chi connectivity index (χ2v) is 4.65. The fourth-order valence-electron chi connectivity index (χ4n) is 1.98. The molecule has 3 aromatic rings. The number of aromatic nitrogens is 2. The molecule has 2 aromatic carbocycles. The van der Waals surface area contributed by atoms with E-state index in [0.717, 1.165) is 5.39 Å². The minimum Gasteiger partial charge on any atom is -0.478 e. The predicted molar refractivity (Wildman–Crippen MR) is 78.0 cm³/mol. The number of rotatable bonds is 3. The number of benzene rings is 2. The summed E-state index contributed by atoms with van der Waals surface area (Å²) in [5.74, 6) is -0.659. The fraction of sp³-hybridized carbons (Fsp3) is 0. The molecule has 0 unspecified atom stereocenters. The molecule has 3 rings (SSSR count). The van der Waals surface area contributed by atoms with Crippen LogP contribution >= 0.6 is 11.6 Å². The first-order valence-electron chi connectivity index (χ1n) is 6.07. The standard InChI is InChI=1S/C15H9ClN2O3/c16-12-7-8-13(18-17-12)21-14-10-4-2-1-3-9(10)5-6-11(14)15(19)20/h1-8H,(H,19,20). The highest BCUT2D eigenvalue weighted by molar-refractivity contribution is 6.29. The molecule has 0 fully saturated rings. The molecule has 1 aromatic heterocycles. The summed E-state index contributed by atoms with van der Waals surface area (Å²) in [6, 6.07) is 13.6. The van der Waals surface area contributed by atoms with Gasteiger partial charge in [-0.3, -0.25) is 0 Å². The maximum Gasteiger partial charge on any atom is 0.339 e. The molecule has 0 radical (unpaired) electrons. The van der Waals surface area contributed by atoms with Crippen molar-refractivity contribution in [3.63, 3.8) is 0 Å². The lowest BCUT2D eigenvalue weighted by atomic mass is 10.1.